The Morgan fingerprint density at radius 3 is 2.76 bits per heavy atom. The quantitative estimate of drug-likeness (QED) is 0.662. The summed E-state index contributed by atoms with van der Waals surface area (Å²) in [6.45, 7) is 1.93. The fraction of sp³-hybridized carbons (Fsp3) is 0.0833. The highest BCUT2D eigenvalue weighted by atomic mass is 16.1. The van der Waals surface area contributed by atoms with Crippen molar-refractivity contribution in [2.45, 2.75) is 6.92 Å². The third kappa shape index (κ3) is 1.61. The summed E-state index contributed by atoms with van der Waals surface area (Å²) >= 11 is 0. The van der Waals surface area contributed by atoms with Crippen molar-refractivity contribution in [1.82, 2.24) is 20.2 Å². The number of nitrogens with zero attached hydrogens (tertiary/aromatic N) is 2. The van der Waals surface area contributed by atoms with E-state index in [4.69, 9.17) is 0 Å². The molecule has 5 nitrogen and oxygen atoms in total. The molecule has 0 bridgehead atoms. The van der Waals surface area contributed by atoms with Crippen molar-refractivity contribution in [3.63, 3.8) is 0 Å². The smallest absolute Gasteiger partial charge is 0.273 e. The molecule has 0 amide bonds. The lowest BCUT2D eigenvalue weighted by Crippen LogP contribution is -1.97. The highest BCUT2D eigenvalue weighted by Crippen LogP contribution is 2.17. The molecule has 0 aliphatic rings. The highest BCUT2D eigenvalue weighted by Gasteiger charge is 2.05. The van der Waals surface area contributed by atoms with Gasteiger partial charge in [0.15, 0.2) is 5.65 Å². The zero-order valence-corrected chi connectivity index (χ0v) is 9.19. The summed E-state index contributed by atoms with van der Waals surface area (Å²) in [6, 6.07) is 7.47. The lowest BCUT2D eigenvalue weighted by Gasteiger charge is -2.00. The number of pyridine rings is 2. The topological polar surface area (TPSA) is 74.4 Å². The van der Waals surface area contributed by atoms with Gasteiger partial charge in [0.1, 0.15) is 0 Å². The summed E-state index contributed by atoms with van der Waals surface area (Å²) < 4.78 is 0. The Morgan fingerprint density at radius 1 is 1.12 bits per heavy atom. The Bertz CT molecular complexity index is 724. The molecule has 3 heterocycles. The van der Waals surface area contributed by atoms with Crippen LogP contribution in [-0.4, -0.2) is 20.2 Å². The average molecular weight is 226 g/mol. The molecular formula is C12H10N4O. The van der Waals surface area contributed by atoms with Crippen molar-refractivity contribution < 1.29 is 0 Å². The summed E-state index contributed by atoms with van der Waals surface area (Å²) in [6.07, 6.45) is 1.77. The minimum absolute atomic E-state index is 0.152. The van der Waals surface area contributed by atoms with Gasteiger partial charge in [-0.3, -0.25) is 20.0 Å². The second-order valence-corrected chi connectivity index (χ2v) is 3.86. The van der Waals surface area contributed by atoms with Crippen LogP contribution in [0.5, 0.6) is 0 Å². The summed E-state index contributed by atoms with van der Waals surface area (Å²) in [5, 5.41) is 5.81. The first kappa shape index (κ1) is 9.77. The molecule has 0 aliphatic carbocycles. The predicted molar refractivity (Wildman–Crippen MR) is 64.7 cm³/mol. The van der Waals surface area contributed by atoms with Crippen molar-refractivity contribution >= 4 is 11.0 Å². The Morgan fingerprint density at radius 2 is 2.00 bits per heavy atom. The SMILES string of the molecule is Cc1ccc(-c2ccc3c(=O)[nH][nH]c3n2)cn1. The van der Waals surface area contributed by atoms with Gasteiger partial charge in [-0.1, -0.05) is 0 Å². The molecule has 3 aromatic rings. The van der Waals surface area contributed by atoms with Gasteiger partial charge < -0.3 is 0 Å². The standard InChI is InChI=1S/C12H10N4O/c1-7-2-3-8(6-13-7)10-5-4-9-11(14-10)15-16-12(9)17/h2-6H,1H3,(H2,14,15,16,17). The maximum atomic E-state index is 11.3. The summed E-state index contributed by atoms with van der Waals surface area (Å²) in [7, 11) is 0. The first-order valence-electron chi connectivity index (χ1n) is 5.24. The van der Waals surface area contributed by atoms with Crippen LogP contribution in [0.3, 0.4) is 0 Å². The number of aromatic amines is 2. The van der Waals surface area contributed by atoms with E-state index in [2.05, 4.69) is 20.2 Å². The predicted octanol–water partition coefficient (Wildman–Crippen LogP) is 1.62. The summed E-state index contributed by atoms with van der Waals surface area (Å²) in [5.74, 6) is 0. The van der Waals surface area contributed by atoms with E-state index in [0.717, 1.165) is 17.0 Å². The monoisotopic (exact) mass is 226 g/mol. The van der Waals surface area contributed by atoms with Crippen molar-refractivity contribution in [3.05, 3.63) is 46.5 Å². The molecule has 5 heteroatoms. The minimum atomic E-state index is -0.152. The maximum Gasteiger partial charge on any atom is 0.273 e. The molecule has 84 valence electrons. The molecule has 0 spiro atoms. The molecule has 2 N–H and O–H groups in total. The van der Waals surface area contributed by atoms with E-state index < -0.39 is 0 Å². The molecule has 0 saturated carbocycles. The number of rotatable bonds is 1. The third-order valence-corrected chi connectivity index (χ3v) is 2.64. The fourth-order valence-electron chi connectivity index (χ4n) is 1.70. The third-order valence-electron chi connectivity index (χ3n) is 2.64. The van der Waals surface area contributed by atoms with Gasteiger partial charge in [-0.2, -0.15) is 0 Å². The van der Waals surface area contributed by atoms with E-state index in [1.54, 1.807) is 12.3 Å². The van der Waals surface area contributed by atoms with E-state index in [1.165, 1.54) is 0 Å². The number of aromatic nitrogens is 4. The Hall–Kier alpha value is -2.43. The van der Waals surface area contributed by atoms with Crippen molar-refractivity contribution in [2.75, 3.05) is 0 Å². The molecule has 0 aromatic carbocycles. The largest absolute Gasteiger partial charge is 0.281 e. The normalized spacial score (nSPS) is 10.9. The molecule has 0 unspecified atom stereocenters. The van der Waals surface area contributed by atoms with Crippen LogP contribution < -0.4 is 5.56 Å². The van der Waals surface area contributed by atoms with Crippen LogP contribution in [0.15, 0.2) is 35.3 Å². The molecule has 0 saturated heterocycles. The molecule has 0 fully saturated rings. The lowest BCUT2D eigenvalue weighted by molar-refractivity contribution is 1.06. The number of aryl methyl sites for hydroxylation is 1. The van der Waals surface area contributed by atoms with Crippen LogP contribution in [-0.2, 0) is 0 Å². The highest BCUT2D eigenvalue weighted by molar-refractivity contribution is 5.77. The summed E-state index contributed by atoms with van der Waals surface area (Å²) in [5.41, 5.74) is 3.10. The Labute approximate surface area is 96.5 Å². The minimum Gasteiger partial charge on any atom is -0.281 e. The van der Waals surface area contributed by atoms with Gasteiger partial charge in [0.2, 0.25) is 0 Å². The zero-order chi connectivity index (χ0) is 11.8. The Kier molecular flexibility index (Phi) is 2.04. The van der Waals surface area contributed by atoms with Gasteiger partial charge in [0.25, 0.3) is 5.56 Å². The zero-order valence-electron chi connectivity index (χ0n) is 9.19. The van der Waals surface area contributed by atoms with E-state index in [-0.39, 0.29) is 5.56 Å². The summed E-state index contributed by atoms with van der Waals surface area (Å²) in [4.78, 5) is 19.9. The van der Waals surface area contributed by atoms with Crippen molar-refractivity contribution in [3.8, 4) is 11.3 Å². The van der Waals surface area contributed by atoms with Gasteiger partial charge in [-0.15, -0.1) is 0 Å². The van der Waals surface area contributed by atoms with Crippen molar-refractivity contribution in [1.29, 1.82) is 0 Å². The van der Waals surface area contributed by atoms with Gasteiger partial charge in [-0.25, -0.2) is 4.98 Å². The van der Waals surface area contributed by atoms with Crippen LogP contribution in [0.1, 0.15) is 5.69 Å². The number of hydrogen-bond acceptors (Lipinski definition) is 3. The Balaban J connectivity index is 2.17. The van der Waals surface area contributed by atoms with Crippen LogP contribution in [0.25, 0.3) is 22.3 Å². The van der Waals surface area contributed by atoms with Gasteiger partial charge in [-0.05, 0) is 31.2 Å². The molecule has 3 aromatic heterocycles. The second-order valence-electron chi connectivity index (χ2n) is 3.86. The van der Waals surface area contributed by atoms with Crippen LogP contribution in [0.4, 0.5) is 0 Å². The second kappa shape index (κ2) is 3.55. The number of hydrogen-bond donors (Lipinski definition) is 2. The van der Waals surface area contributed by atoms with Gasteiger partial charge >= 0.3 is 0 Å². The number of nitrogens with one attached hydrogen (secondary N) is 2. The molecule has 0 atom stereocenters. The molecule has 17 heavy (non-hydrogen) atoms. The van der Waals surface area contributed by atoms with E-state index >= 15 is 0 Å². The van der Waals surface area contributed by atoms with Gasteiger partial charge in [0, 0.05) is 17.5 Å². The van der Waals surface area contributed by atoms with Crippen molar-refractivity contribution in [2.24, 2.45) is 0 Å². The molecule has 0 radical (unpaired) electrons. The van der Waals surface area contributed by atoms with Gasteiger partial charge in [0.05, 0.1) is 11.1 Å². The lowest BCUT2D eigenvalue weighted by atomic mass is 10.1. The van der Waals surface area contributed by atoms with Crippen LogP contribution in [0.2, 0.25) is 0 Å². The molecule has 0 aliphatic heterocycles. The van der Waals surface area contributed by atoms with E-state index in [9.17, 15) is 4.79 Å². The maximum absolute atomic E-state index is 11.3. The molecule has 3 rings (SSSR count). The number of H-pyrrole nitrogens is 2. The van der Waals surface area contributed by atoms with Crippen LogP contribution >= 0.6 is 0 Å². The average Bonchev–Trinajstić information content (AvgIpc) is 2.72. The fourth-order valence-corrected chi connectivity index (χ4v) is 1.70. The number of fused-ring (bicyclic) bond motifs is 1. The first-order chi connectivity index (χ1) is 8.24. The van der Waals surface area contributed by atoms with E-state index in [0.29, 0.717) is 11.0 Å². The van der Waals surface area contributed by atoms with Crippen LogP contribution in [0, 0.1) is 6.92 Å². The van der Waals surface area contributed by atoms with E-state index in [1.807, 2.05) is 25.1 Å². The molecular weight excluding hydrogens is 216 g/mol. The first-order valence-corrected chi connectivity index (χ1v) is 5.24.